The first-order chi connectivity index (χ1) is 5.40. The van der Waals surface area contributed by atoms with Gasteiger partial charge in [0.15, 0.2) is 0 Å². The molecule has 2 aliphatic rings. The van der Waals surface area contributed by atoms with Gasteiger partial charge in [0.25, 0.3) is 0 Å². The van der Waals surface area contributed by atoms with Crippen molar-refractivity contribution in [1.29, 1.82) is 0 Å². The average molecular weight is 158 g/mol. The summed E-state index contributed by atoms with van der Waals surface area (Å²) < 4.78 is 10.9. The van der Waals surface area contributed by atoms with E-state index >= 15 is 0 Å². The van der Waals surface area contributed by atoms with Gasteiger partial charge in [-0.15, -0.1) is 0 Å². The molecule has 2 unspecified atom stereocenters. The minimum Gasteiger partial charge on any atom is -0.394 e. The third kappa shape index (κ3) is 1.72. The van der Waals surface area contributed by atoms with Crippen LogP contribution in [0.4, 0.5) is 0 Å². The SMILES string of the molecule is OCC1COCC(C2CC2)O1. The smallest absolute Gasteiger partial charge is 0.104 e. The van der Waals surface area contributed by atoms with E-state index in [0.29, 0.717) is 12.5 Å². The van der Waals surface area contributed by atoms with Gasteiger partial charge in [-0.25, -0.2) is 0 Å². The predicted molar refractivity (Wildman–Crippen MR) is 39.3 cm³/mol. The lowest BCUT2D eigenvalue weighted by atomic mass is 10.2. The van der Waals surface area contributed by atoms with Crippen LogP contribution in [-0.2, 0) is 9.47 Å². The van der Waals surface area contributed by atoms with Crippen molar-refractivity contribution in [2.45, 2.75) is 25.0 Å². The van der Waals surface area contributed by atoms with Crippen LogP contribution in [0.25, 0.3) is 0 Å². The van der Waals surface area contributed by atoms with Crippen LogP contribution >= 0.6 is 0 Å². The molecule has 1 aliphatic heterocycles. The van der Waals surface area contributed by atoms with Crippen molar-refractivity contribution in [2.24, 2.45) is 5.92 Å². The van der Waals surface area contributed by atoms with Gasteiger partial charge in [-0.3, -0.25) is 0 Å². The van der Waals surface area contributed by atoms with Crippen LogP contribution in [0.1, 0.15) is 12.8 Å². The minimum absolute atomic E-state index is 0.0747. The molecule has 0 aromatic carbocycles. The van der Waals surface area contributed by atoms with Crippen molar-refractivity contribution < 1.29 is 14.6 Å². The van der Waals surface area contributed by atoms with E-state index in [0.717, 1.165) is 6.61 Å². The molecule has 2 fully saturated rings. The Morgan fingerprint density at radius 1 is 1.27 bits per heavy atom. The Labute approximate surface area is 66.3 Å². The Morgan fingerprint density at radius 2 is 2.09 bits per heavy atom. The molecule has 3 nitrogen and oxygen atoms in total. The van der Waals surface area contributed by atoms with E-state index in [2.05, 4.69) is 0 Å². The van der Waals surface area contributed by atoms with Gasteiger partial charge in [-0.05, 0) is 18.8 Å². The van der Waals surface area contributed by atoms with Gasteiger partial charge in [-0.1, -0.05) is 0 Å². The molecular weight excluding hydrogens is 144 g/mol. The highest BCUT2D eigenvalue weighted by Crippen LogP contribution is 2.36. The summed E-state index contributed by atoms with van der Waals surface area (Å²) in [5, 5.41) is 8.81. The molecular formula is C8H14O3. The molecule has 64 valence electrons. The number of aliphatic hydroxyl groups excluding tert-OH is 1. The highest BCUT2D eigenvalue weighted by atomic mass is 16.6. The third-order valence-corrected chi connectivity index (χ3v) is 2.30. The molecule has 0 aromatic rings. The van der Waals surface area contributed by atoms with Gasteiger partial charge in [0.05, 0.1) is 25.9 Å². The third-order valence-electron chi connectivity index (χ3n) is 2.30. The van der Waals surface area contributed by atoms with E-state index in [4.69, 9.17) is 14.6 Å². The zero-order chi connectivity index (χ0) is 7.68. The maximum Gasteiger partial charge on any atom is 0.104 e. The molecule has 2 atom stereocenters. The van der Waals surface area contributed by atoms with Crippen molar-refractivity contribution in [3.8, 4) is 0 Å². The second kappa shape index (κ2) is 3.09. The van der Waals surface area contributed by atoms with Crippen LogP contribution in [0.5, 0.6) is 0 Å². The first-order valence-corrected chi connectivity index (χ1v) is 4.24. The summed E-state index contributed by atoms with van der Waals surface area (Å²) in [5.74, 6) is 0.712. The maximum atomic E-state index is 8.81. The molecule has 2 rings (SSSR count). The van der Waals surface area contributed by atoms with Gasteiger partial charge in [0.2, 0.25) is 0 Å². The Hall–Kier alpha value is -0.120. The summed E-state index contributed by atoms with van der Waals surface area (Å²) in [6.07, 6.45) is 2.73. The first-order valence-electron chi connectivity index (χ1n) is 4.24. The number of aliphatic hydroxyl groups is 1. The van der Waals surface area contributed by atoms with Crippen molar-refractivity contribution in [3.05, 3.63) is 0 Å². The van der Waals surface area contributed by atoms with Gasteiger partial charge < -0.3 is 14.6 Å². The number of hydrogen-bond donors (Lipinski definition) is 1. The summed E-state index contributed by atoms with van der Waals surface area (Å²) in [6.45, 7) is 1.37. The average Bonchev–Trinajstić information content (AvgIpc) is 2.87. The highest BCUT2D eigenvalue weighted by molar-refractivity contribution is 4.84. The van der Waals surface area contributed by atoms with Gasteiger partial charge in [0, 0.05) is 0 Å². The van der Waals surface area contributed by atoms with Crippen LogP contribution in [0, 0.1) is 5.92 Å². The van der Waals surface area contributed by atoms with Gasteiger partial charge in [-0.2, -0.15) is 0 Å². The zero-order valence-electron chi connectivity index (χ0n) is 6.53. The van der Waals surface area contributed by atoms with E-state index in [1.165, 1.54) is 12.8 Å². The molecule has 1 N–H and O–H groups in total. The summed E-state index contributed by atoms with van der Waals surface area (Å²) in [5.41, 5.74) is 0. The van der Waals surface area contributed by atoms with Crippen LogP contribution in [-0.4, -0.2) is 37.1 Å². The Morgan fingerprint density at radius 3 is 2.73 bits per heavy atom. The minimum atomic E-state index is -0.0747. The monoisotopic (exact) mass is 158 g/mol. The van der Waals surface area contributed by atoms with E-state index in [1.807, 2.05) is 0 Å². The predicted octanol–water partition coefficient (Wildman–Crippen LogP) is 0.173. The quantitative estimate of drug-likeness (QED) is 0.622. The highest BCUT2D eigenvalue weighted by Gasteiger charge is 2.35. The van der Waals surface area contributed by atoms with Crippen LogP contribution in [0.3, 0.4) is 0 Å². The molecule has 1 heterocycles. The Balaban J connectivity index is 1.82. The second-order valence-electron chi connectivity index (χ2n) is 3.35. The van der Waals surface area contributed by atoms with Gasteiger partial charge in [0.1, 0.15) is 6.10 Å². The lowest BCUT2D eigenvalue weighted by Gasteiger charge is -2.28. The summed E-state index contributed by atoms with van der Waals surface area (Å²) in [7, 11) is 0. The van der Waals surface area contributed by atoms with Crippen molar-refractivity contribution >= 4 is 0 Å². The first kappa shape index (κ1) is 7.53. The van der Waals surface area contributed by atoms with Gasteiger partial charge >= 0.3 is 0 Å². The summed E-state index contributed by atoms with van der Waals surface area (Å²) in [4.78, 5) is 0. The lowest BCUT2D eigenvalue weighted by molar-refractivity contribution is -0.156. The number of rotatable bonds is 2. The molecule has 0 radical (unpaired) electrons. The number of hydrogen-bond acceptors (Lipinski definition) is 3. The van der Waals surface area contributed by atoms with Crippen LogP contribution in [0.2, 0.25) is 0 Å². The molecule has 11 heavy (non-hydrogen) atoms. The molecule has 1 saturated heterocycles. The Bertz CT molecular complexity index is 133. The maximum absolute atomic E-state index is 8.81. The van der Waals surface area contributed by atoms with E-state index in [1.54, 1.807) is 0 Å². The van der Waals surface area contributed by atoms with Crippen LogP contribution in [0.15, 0.2) is 0 Å². The van der Waals surface area contributed by atoms with Crippen molar-refractivity contribution in [3.63, 3.8) is 0 Å². The van der Waals surface area contributed by atoms with Crippen LogP contribution < -0.4 is 0 Å². The van der Waals surface area contributed by atoms with E-state index < -0.39 is 0 Å². The number of ether oxygens (including phenoxy) is 2. The standard InChI is InChI=1S/C8H14O3/c9-3-7-4-10-5-8(11-7)6-1-2-6/h6-9H,1-5H2. The molecule has 1 saturated carbocycles. The molecule has 3 heteroatoms. The topological polar surface area (TPSA) is 38.7 Å². The van der Waals surface area contributed by atoms with E-state index in [9.17, 15) is 0 Å². The molecule has 0 aromatic heterocycles. The fraction of sp³-hybridized carbons (Fsp3) is 1.00. The van der Waals surface area contributed by atoms with Crippen molar-refractivity contribution in [1.82, 2.24) is 0 Å². The van der Waals surface area contributed by atoms with E-state index in [-0.39, 0.29) is 18.8 Å². The zero-order valence-corrected chi connectivity index (χ0v) is 6.53. The fourth-order valence-electron chi connectivity index (χ4n) is 1.45. The second-order valence-corrected chi connectivity index (χ2v) is 3.35. The fourth-order valence-corrected chi connectivity index (χ4v) is 1.45. The largest absolute Gasteiger partial charge is 0.394 e. The summed E-state index contributed by atoms with van der Waals surface area (Å²) in [6, 6.07) is 0. The lowest BCUT2D eigenvalue weighted by Crippen LogP contribution is -2.39. The molecule has 0 amide bonds. The summed E-state index contributed by atoms with van der Waals surface area (Å²) >= 11 is 0. The molecule has 1 aliphatic carbocycles. The van der Waals surface area contributed by atoms with Crippen molar-refractivity contribution in [2.75, 3.05) is 19.8 Å². The Kier molecular flexibility index (Phi) is 2.11. The molecule has 0 spiro atoms. The normalized spacial score (nSPS) is 39.0. The molecule has 0 bridgehead atoms.